The molecule has 4 aromatic carbocycles. The molecular formula is C41H38N4O11S. The van der Waals surface area contributed by atoms with Crippen LogP contribution in [-0.2, 0) is 22.7 Å². The molecule has 16 heteroatoms. The minimum Gasteiger partial charge on any atom is -0.490 e. The summed E-state index contributed by atoms with van der Waals surface area (Å²) >= 11 is 0.897. The summed E-state index contributed by atoms with van der Waals surface area (Å²) in [5, 5.41) is 25.0. The number of fused-ring (bicyclic) bond motifs is 1. The largest absolute Gasteiger partial charge is 0.490 e. The molecule has 0 amide bonds. The molecule has 1 aliphatic rings. The van der Waals surface area contributed by atoms with Crippen LogP contribution in [0.2, 0.25) is 0 Å². The fourth-order valence-electron chi connectivity index (χ4n) is 6.20. The summed E-state index contributed by atoms with van der Waals surface area (Å²) in [6.07, 6.45) is 1.34. The van der Waals surface area contributed by atoms with E-state index < -0.39 is 33.1 Å². The van der Waals surface area contributed by atoms with Crippen LogP contribution in [0.15, 0.2) is 100 Å². The summed E-state index contributed by atoms with van der Waals surface area (Å²) in [6, 6.07) is 22.5. The van der Waals surface area contributed by atoms with Crippen molar-refractivity contribution in [3.8, 4) is 23.0 Å². The van der Waals surface area contributed by atoms with Crippen molar-refractivity contribution in [2.24, 2.45) is 4.99 Å². The average Bonchev–Trinajstić information content (AvgIpc) is 3.51. The van der Waals surface area contributed by atoms with Gasteiger partial charge in [-0.05, 0) is 57.0 Å². The van der Waals surface area contributed by atoms with Gasteiger partial charge in [-0.15, -0.1) is 0 Å². The van der Waals surface area contributed by atoms with E-state index >= 15 is 0 Å². The van der Waals surface area contributed by atoms with E-state index in [9.17, 15) is 29.8 Å². The second-order valence-corrected chi connectivity index (χ2v) is 13.4. The molecule has 1 aliphatic heterocycles. The van der Waals surface area contributed by atoms with Crippen molar-refractivity contribution in [2.45, 2.75) is 47.0 Å². The summed E-state index contributed by atoms with van der Waals surface area (Å²) in [5.74, 6) is -0.169. The topological polar surface area (TPSA) is 184 Å². The Balaban J connectivity index is 1.50. The van der Waals surface area contributed by atoms with E-state index in [4.69, 9.17) is 28.7 Å². The fraction of sp³-hybridized carbons (Fsp3) is 0.244. The molecular weight excluding hydrogens is 757 g/mol. The second-order valence-electron chi connectivity index (χ2n) is 12.4. The van der Waals surface area contributed by atoms with E-state index in [1.807, 2.05) is 60.7 Å². The van der Waals surface area contributed by atoms with Crippen LogP contribution in [0.25, 0.3) is 11.8 Å². The van der Waals surface area contributed by atoms with Crippen molar-refractivity contribution in [1.29, 1.82) is 0 Å². The van der Waals surface area contributed by atoms with Gasteiger partial charge in [0.1, 0.15) is 19.3 Å². The van der Waals surface area contributed by atoms with Crippen molar-refractivity contribution >= 4 is 40.5 Å². The number of carbonyl (C=O) groups excluding carboxylic acids is 1. The van der Waals surface area contributed by atoms with Gasteiger partial charge in [0, 0.05) is 5.70 Å². The molecule has 6 rings (SSSR count). The molecule has 0 saturated heterocycles. The average molecular weight is 795 g/mol. The van der Waals surface area contributed by atoms with Gasteiger partial charge in [0.05, 0.1) is 63.0 Å². The van der Waals surface area contributed by atoms with Crippen molar-refractivity contribution in [3.63, 3.8) is 0 Å². The first-order valence-electron chi connectivity index (χ1n) is 18.0. The van der Waals surface area contributed by atoms with Gasteiger partial charge < -0.3 is 23.7 Å². The lowest BCUT2D eigenvalue weighted by molar-refractivity contribution is -0.385. The number of allylic oxidation sites excluding steroid dienone is 1. The molecule has 0 saturated carbocycles. The van der Waals surface area contributed by atoms with Gasteiger partial charge in [-0.25, -0.2) is 9.79 Å². The standard InChI is InChI=1S/C41H38N4O11S/c1-5-52-32-18-28(30(44(48)49)21-34(32)55-23-26-14-10-8-11-15-26)19-36-39(46)43-25(4)37(40(47)54-7-3)38(42-41(43)57-36)29-20-33(53-6-2)35(22-31(29)45(50)51)56-24-27-16-12-9-13-17-27/h8-22,38H,5-7,23-24H2,1-4H3/b36-19-/t38-/m1/s1. The van der Waals surface area contributed by atoms with E-state index in [-0.39, 0.29) is 93.5 Å². The molecule has 294 valence electrons. The zero-order chi connectivity index (χ0) is 40.6. The first-order chi connectivity index (χ1) is 27.5. The lowest BCUT2D eigenvalue weighted by Crippen LogP contribution is -2.35. The highest BCUT2D eigenvalue weighted by Gasteiger charge is 2.36. The highest BCUT2D eigenvalue weighted by molar-refractivity contribution is 7.07. The number of benzene rings is 4. The molecule has 0 N–H and O–H groups in total. The maximum absolute atomic E-state index is 14.1. The van der Waals surface area contributed by atoms with Crippen LogP contribution in [0.5, 0.6) is 23.0 Å². The molecule has 2 heterocycles. The van der Waals surface area contributed by atoms with Crippen molar-refractivity contribution in [3.05, 3.63) is 153 Å². The maximum atomic E-state index is 14.1. The highest BCUT2D eigenvalue weighted by Crippen LogP contribution is 2.43. The van der Waals surface area contributed by atoms with E-state index in [2.05, 4.69) is 0 Å². The lowest BCUT2D eigenvalue weighted by atomic mass is 9.94. The van der Waals surface area contributed by atoms with Crippen molar-refractivity contribution in [1.82, 2.24) is 4.57 Å². The number of nitro benzene ring substituents is 2. The number of ether oxygens (including phenoxy) is 5. The van der Waals surface area contributed by atoms with E-state index in [0.29, 0.717) is 0 Å². The molecule has 15 nitrogen and oxygen atoms in total. The van der Waals surface area contributed by atoms with Gasteiger partial charge in [-0.1, -0.05) is 72.0 Å². The summed E-state index contributed by atoms with van der Waals surface area (Å²) in [5.41, 5.74) is 0.360. The van der Waals surface area contributed by atoms with Gasteiger partial charge >= 0.3 is 5.97 Å². The summed E-state index contributed by atoms with van der Waals surface area (Å²) < 4.78 is 30.2. The van der Waals surface area contributed by atoms with Crippen LogP contribution < -0.4 is 33.8 Å². The molecule has 0 radical (unpaired) electrons. The number of thiazole rings is 1. The molecule has 1 atom stereocenters. The summed E-state index contributed by atoms with van der Waals surface area (Å²) in [7, 11) is 0. The predicted molar refractivity (Wildman–Crippen MR) is 211 cm³/mol. The molecule has 1 aromatic heterocycles. The minimum atomic E-state index is -1.31. The number of nitro groups is 2. The van der Waals surface area contributed by atoms with Crippen LogP contribution in [-0.4, -0.2) is 40.2 Å². The zero-order valence-corrected chi connectivity index (χ0v) is 32.3. The summed E-state index contributed by atoms with van der Waals surface area (Å²) in [6.45, 7) is 7.25. The molecule has 0 aliphatic carbocycles. The van der Waals surface area contributed by atoms with Crippen LogP contribution in [0.4, 0.5) is 11.4 Å². The number of esters is 1. The quantitative estimate of drug-likeness (QED) is 0.0590. The van der Waals surface area contributed by atoms with Gasteiger partial charge in [0.25, 0.3) is 16.9 Å². The van der Waals surface area contributed by atoms with Gasteiger partial charge in [0.2, 0.25) is 0 Å². The Morgan fingerprint density at radius 1 is 0.772 bits per heavy atom. The smallest absolute Gasteiger partial charge is 0.338 e. The van der Waals surface area contributed by atoms with Crippen LogP contribution in [0, 0.1) is 20.2 Å². The molecule has 0 bridgehead atoms. The number of hydrogen-bond donors (Lipinski definition) is 0. The fourth-order valence-corrected chi connectivity index (χ4v) is 7.23. The third kappa shape index (κ3) is 8.70. The Hall–Kier alpha value is -6.81. The lowest BCUT2D eigenvalue weighted by Gasteiger charge is -2.23. The number of hydrogen-bond acceptors (Lipinski definition) is 13. The van der Waals surface area contributed by atoms with Gasteiger partial charge in [-0.2, -0.15) is 0 Å². The highest BCUT2D eigenvalue weighted by atomic mass is 32.1. The SMILES string of the molecule is CCOC(=O)C1=C(C)n2c(s/c(=C\c3cc(OCC)c(OCc4ccccc4)cc3[N+](=O)[O-])c2=O)=N[C@@H]1c1cc(OCC)c(OCc2ccccc2)cc1[N+](=O)[O-]. The molecule has 57 heavy (non-hydrogen) atoms. The van der Waals surface area contributed by atoms with Crippen LogP contribution in [0.1, 0.15) is 56.0 Å². The van der Waals surface area contributed by atoms with E-state index in [1.165, 1.54) is 41.8 Å². The first-order valence-corrected chi connectivity index (χ1v) is 18.8. The summed E-state index contributed by atoms with van der Waals surface area (Å²) in [4.78, 5) is 56.4. The Labute approximate surface area is 330 Å². The number of rotatable bonds is 16. The predicted octanol–water partition coefficient (Wildman–Crippen LogP) is 6.68. The molecule has 0 spiro atoms. The first kappa shape index (κ1) is 39.9. The van der Waals surface area contributed by atoms with Gasteiger partial charge in [0.15, 0.2) is 27.8 Å². The Morgan fingerprint density at radius 3 is 1.82 bits per heavy atom. The Morgan fingerprint density at radius 2 is 1.30 bits per heavy atom. The normalized spacial score (nSPS) is 13.7. The monoisotopic (exact) mass is 794 g/mol. The van der Waals surface area contributed by atoms with E-state index in [1.54, 1.807) is 20.8 Å². The van der Waals surface area contributed by atoms with Crippen molar-refractivity contribution < 1.29 is 38.3 Å². The second kappa shape index (κ2) is 17.8. The van der Waals surface area contributed by atoms with Crippen LogP contribution in [0.3, 0.4) is 0 Å². The Kier molecular flexibility index (Phi) is 12.4. The number of nitrogens with zero attached hydrogens (tertiary/aromatic N) is 4. The van der Waals surface area contributed by atoms with Gasteiger partial charge in [-0.3, -0.25) is 29.6 Å². The Bertz CT molecular complexity index is 2530. The molecule has 0 unspecified atom stereocenters. The van der Waals surface area contributed by atoms with E-state index in [0.717, 1.165) is 22.5 Å². The third-order valence-corrected chi connectivity index (χ3v) is 9.76. The molecule has 5 aromatic rings. The minimum absolute atomic E-state index is 0.00127. The van der Waals surface area contributed by atoms with Crippen molar-refractivity contribution in [2.75, 3.05) is 19.8 Å². The zero-order valence-electron chi connectivity index (χ0n) is 31.5. The van der Waals surface area contributed by atoms with Crippen LogP contribution >= 0.6 is 11.3 Å². The third-order valence-electron chi connectivity index (χ3n) is 8.77. The number of carbonyl (C=O) groups is 1. The number of aromatic nitrogens is 1. The maximum Gasteiger partial charge on any atom is 0.338 e. The molecule has 0 fully saturated rings.